The van der Waals surface area contributed by atoms with E-state index in [9.17, 15) is 0 Å². The number of nitrogens with zero attached hydrogens (tertiary/aromatic N) is 4. The Labute approximate surface area is 116 Å². The highest BCUT2D eigenvalue weighted by Gasteiger charge is 2.32. The Balaban J connectivity index is 1.96. The maximum absolute atomic E-state index is 4.69. The zero-order valence-electron chi connectivity index (χ0n) is 12.5. The molecule has 0 atom stereocenters. The molecule has 0 amide bonds. The summed E-state index contributed by atoms with van der Waals surface area (Å²) in [5.41, 5.74) is -0.181. The van der Waals surface area contributed by atoms with Crippen LogP contribution in [0, 0.1) is 0 Å². The quantitative estimate of drug-likeness (QED) is 0.748. The molecule has 2 heterocycles. The van der Waals surface area contributed by atoms with Gasteiger partial charge in [-0.1, -0.05) is 26.2 Å². The minimum atomic E-state index is -0.181. The molecular formula is C14H25N5. The lowest BCUT2D eigenvalue weighted by atomic mass is 10.1. The van der Waals surface area contributed by atoms with Crippen LogP contribution >= 0.6 is 0 Å². The second-order valence-electron chi connectivity index (χ2n) is 5.74. The third kappa shape index (κ3) is 3.28. The van der Waals surface area contributed by atoms with Crippen LogP contribution in [0.5, 0.6) is 0 Å². The van der Waals surface area contributed by atoms with Gasteiger partial charge in [0.15, 0.2) is 0 Å². The fourth-order valence-corrected chi connectivity index (χ4v) is 2.26. The number of rotatable bonds is 6. The fourth-order valence-electron chi connectivity index (χ4n) is 2.26. The summed E-state index contributed by atoms with van der Waals surface area (Å²) in [5.74, 6) is 1.94. The van der Waals surface area contributed by atoms with Gasteiger partial charge in [-0.05, 0) is 26.3 Å². The van der Waals surface area contributed by atoms with Gasteiger partial charge in [0.05, 0.1) is 5.54 Å². The molecule has 0 fully saturated rings. The van der Waals surface area contributed by atoms with Gasteiger partial charge in [-0.25, -0.2) is 4.99 Å². The van der Waals surface area contributed by atoms with E-state index in [-0.39, 0.29) is 5.54 Å². The Hall–Kier alpha value is -1.52. The Morgan fingerprint density at radius 3 is 2.79 bits per heavy atom. The van der Waals surface area contributed by atoms with Crippen LogP contribution in [0.15, 0.2) is 22.0 Å². The summed E-state index contributed by atoms with van der Waals surface area (Å²) in [6, 6.07) is 0. The molecule has 0 saturated heterocycles. The highest BCUT2D eigenvalue weighted by Crippen LogP contribution is 2.24. The van der Waals surface area contributed by atoms with Crippen molar-refractivity contribution in [3.63, 3.8) is 0 Å². The average molecular weight is 263 g/mol. The number of fused-ring (bicyclic) bond motifs is 1. The molecule has 5 heteroatoms. The Morgan fingerprint density at radius 2 is 2.05 bits per heavy atom. The van der Waals surface area contributed by atoms with Gasteiger partial charge < -0.3 is 10.2 Å². The summed E-state index contributed by atoms with van der Waals surface area (Å²) in [7, 11) is 1.97. The zero-order valence-corrected chi connectivity index (χ0v) is 12.5. The van der Waals surface area contributed by atoms with Gasteiger partial charge in [0, 0.05) is 13.6 Å². The van der Waals surface area contributed by atoms with Crippen molar-refractivity contribution in [2.24, 2.45) is 10.1 Å². The monoisotopic (exact) mass is 263 g/mol. The van der Waals surface area contributed by atoms with E-state index < -0.39 is 0 Å². The van der Waals surface area contributed by atoms with E-state index in [4.69, 9.17) is 4.99 Å². The maximum atomic E-state index is 4.69. The van der Waals surface area contributed by atoms with E-state index in [0.717, 1.165) is 18.3 Å². The van der Waals surface area contributed by atoms with Crippen LogP contribution in [0.1, 0.15) is 46.5 Å². The molecule has 2 aliphatic heterocycles. The number of hydrogen-bond donors (Lipinski definition) is 1. The predicted octanol–water partition coefficient (Wildman–Crippen LogP) is 2.34. The minimum Gasteiger partial charge on any atom is -0.370 e. The van der Waals surface area contributed by atoms with Crippen LogP contribution in [-0.2, 0) is 0 Å². The molecule has 106 valence electrons. The van der Waals surface area contributed by atoms with Gasteiger partial charge >= 0.3 is 0 Å². The van der Waals surface area contributed by atoms with Crippen LogP contribution in [0.25, 0.3) is 0 Å². The maximum Gasteiger partial charge on any atom is 0.229 e. The molecule has 0 aromatic carbocycles. The number of guanidine groups is 1. The van der Waals surface area contributed by atoms with E-state index in [1.54, 1.807) is 6.34 Å². The summed E-state index contributed by atoms with van der Waals surface area (Å²) >= 11 is 0. The molecule has 0 spiro atoms. The van der Waals surface area contributed by atoms with Crippen molar-refractivity contribution in [1.29, 1.82) is 0 Å². The summed E-state index contributed by atoms with van der Waals surface area (Å²) < 4.78 is 0. The predicted molar refractivity (Wildman–Crippen MR) is 79.8 cm³/mol. The average Bonchev–Trinajstić information content (AvgIpc) is 2.69. The molecule has 2 aliphatic rings. The van der Waals surface area contributed by atoms with Crippen molar-refractivity contribution in [3.8, 4) is 0 Å². The number of unbranched alkanes of at least 4 members (excludes halogenated alkanes) is 3. The van der Waals surface area contributed by atoms with Gasteiger partial charge in [-0.15, -0.1) is 0 Å². The van der Waals surface area contributed by atoms with E-state index in [0.29, 0.717) is 0 Å². The Kier molecular flexibility index (Phi) is 4.12. The first-order chi connectivity index (χ1) is 9.03. The Morgan fingerprint density at radius 1 is 1.26 bits per heavy atom. The molecule has 0 aromatic heterocycles. The van der Waals surface area contributed by atoms with E-state index >= 15 is 0 Å². The van der Waals surface area contributed by atoms with Crippen LogP contribution in [-0.4, -0.2) is 41.3 Å². The van der Waals surface area contributed by atoms with Crippen LogP contribution in [0.4, 0.5) is 0 Å². The highest BCUT2D eigenvalue weighted by atomic mass is 15.6. The lowest BCUT2D eigenvalue weighted by molar-refractivity contribution is 0.432. The number of aliphatic imine (C=N–C) groups is 1. The largest absolute Gasteiger partial charge is 0.370 e. The van der Waals surface area contributed by atoms with Crippen molar-refractivity contribution in [3.05, 3.63) is 11.9 Å². The molecular weight excluding hydrogens is 238 g/mol. The second-order valence-corrected chi connectivity index (χ2v) is 5.74. The van der Waals surface area contributed by atoms with Gasteiger partial charge in [-0.2, -0.15) is 10.1 Å². The van der Waals surface area contributed by atoms with Crippen molar-refractivity contribution < 1.29 is 0 Å². The van der Waals surface area contributed by atoms with Gasteiger partial charge in [0.1, 0.15) is 12.2 Å². The SMILES string of the molecule is CCCCCCNC1=CC(C)(C)N=C2N(C)C=NN12. The molecule has 0 aromatic rings. The topological polar surface area (TPSA) is 43.2 Å². The summed E-state index contributed by atoms with van der Waals surface area (Å²) in [6.07, 6.45) is 9.01. The normalized spacial score (nSPS) is 20.2. The highest BCUT2D eigenvalue weighted by molar-refractivity contribution is 5.95. The van der Waals surface area contributed by atoms with Gasteiger partial charge in [0.25, 0.3) is 0 Å². The second kappa shape index (κ2) is 5.63. The lowest BCUT2D eigenvalue weighted by Gasteiger charge is -2.31. The summed E-state index contributed by atoms with van der Waals surface area (Å²) in [5, 5.41) is 9.75. The Bertz CT molecular complexity index is 408. The number of nitrogens with one attached hydrogen (secondary N) is 1. The first-order valence-electron chi connectivity index (χ1n) is 7.17. The molecule has 2 rings (SSSR count). The molecule has 0 bridgehead atoms. The molecule has 0 unspecified atom stereocenters. The standard InChI is InChI=1S/C14H25N5/c1-5-6-7-8-9-15-12-10-14(2,3)17-13-18(4)11-16-19(12)13/h10-11,15H,5-9H2,1-4H3. The third-order valence-electron chi connectivity index (χ3n) is 3.29. The van der Waals surface area contributed by atoms with E-state index in [1.807, 2.05) is 17.0 Å². The smallest absolute Gasteiger partial charge is 0.229 e. The first-order valence-corrected chi connectivity index (χ1v) is 7.17. The van der Waals surface area contributed by atoms with Gasteiger partial charge in [-0.3, -0.25) is 0 Å². The molecule has 0 aliphatic carbocycles. The minimum absolute atomic E-state index is 0.181. The first kappa shape index (κ1) is 13.9. The molecule has 1 N–H and O–H groups in total. The van der Waals surface area contributed by atoms with Crippen molar-refractivity contribution in [2.75, 3.05) is 13.6 Å². The third-order valence-corrected chi connectivity index (χ3v) is 3.29. The number of hydrazone groups is 1. The number of hydrogen-bond acceptors (Lipinski definition) is 5. The van der Waals surface area contributed by atoms with Crippen molar-refractivity contribution in [2.45, 2.75) is 52.0 Å². The van der Waals surface area contributed by atoms with Crippen molar-refractivity contribution in [1.82, 2.24) is 15.2 Å². The van der Waals surface area contributed by atoms with E-state index in [1.165, 1.54) is 25.7 Å². The zero-order chi connectivity index (χ0) is 13.9. The lowest BCUT2D eigenvalue weighted by Crippen LogP contribution is -2.42. The van der Waals surface area contributed by atoms with E-state index in [2.05, 4.69) is 37.3 Å². The molecule has 0 radical (unpaired) electrons. The summed E-state index contributed by atoms with van der Waals surface area (Å²) in [4.78, 5) is 6.64. The molecule has 0 saturated carbocycles. The molecule has 19 heavy (non-hydrogen) atoms. The van der Waals surface area contributed by atoms with Crippen LogP contribution in [0.2, 0.25) is 0 Å². The van der Waals surface area contributed by atoms with Crippen LogP contribution in [0.3, 0.4) is 0 Å². The fraction of sp³-hybridized carbons (Fsp3) is 0.714. The van der Waals surface area contributed by atoms with Gasteiger partial charge in [0.2, 0.25) is 5.96 Å². The van der Waals surface area contributed by atoms with Crippen LogP contribution < -0.4 is 5.32 Å². The molecule has 5 nitrogen and oxygen atoms in total. The summed E-state index contributed by atoms with van der Waals surface area (Å²) in [6.45, 7) is 7.45. The van der Waals surface area contributed by atoms with Crippen molar-refractivity contribution >= 4 is 12.3 Å².